The molecule has 0 amide bonds. The Morgan fingerprint density at radius 1 is 1.25 bits per heavy atom. The molecule has 2 nitrogen and oxygen atoms in total. The van der Waals surface area contributed by atoms with E-state index in [9.17, 15) is 8.78 Å². The van der Waals surface area contributed by atoms with Crippen molar-refractivity contribution >= 4 is 11.3 Å². The fraction of sp³-hybridized carbons (Fsp3) is 0.400. The van der Waals surface area contributed by atoms with Crippen molar-refractivity contribution in [1.29, 1.82) is 0 Å². The summed E-state index contributed by atoms with van der Waals surface area (Å²) in [6.45, 7) is 6.86. The number of nitrogens with one attached hydrogen (secondary N) is 1. The van der Waals surface area contributed by atoms with Crippen molar-refractivity contribution in [2.75, 3.05) is 6.54 Å². The van der Waals surface area contributed by atoms with Crippen LogP contribution < -0.4 is 5.32 Å². The van der Waals surface area contributed by atoms with E-state index in [1.807, 2.05) is 12.3 Å². The number of benzene rings is 1. The normalized spacial score (nSPS) is 12.9. The van der Waals surface area contributed by atoms with Gasteiger partial charge in [-0.3, -0.25) is 0 Å². The third-order valence-corrected chi connectivity index (χ3v) is 3.99. The second kappa shape index (κ2) is 6.41. The standard InChI is InChI=1S/C15H18F2N2S/c1-4-18-14(10-5-6-11(16)12(17)7-10)15-19-13(8-20-15)9(2)3/h5-9,14,18H,4H2,1-3H3. The summed E-state index contributed by atoms with van der Waals surface area (Å²) in [6.07, 6.45) is 0. The zero-order chi connectivity index (χ0) is 14.7. The van der Waals surface area contributed by atoms with Crippen molar-refractivity contribution in [3.63, 3.8) is 0 Å². The molecule has 1 aromatic carbocycles. The highest BCUT2D eigenvalue weighted by atomic mass is 32.1. The maximum Gasteiger partial charge on any atom is 0.159 e. The van der Waals surface area contributed by atoms with Crippen LogP contribution in [0.4, 0.5) is 8.78 Å². The van der Waals surface area contributed by atoms with Gasteiger partial charge < -0.3 is 5.32 Å². The molecule has 0 fully saturated rings. The Kier molecular flexibility index (Phi) is 4.83. The van der Waals surface area contributed by atoms with Crippen LogP contribution in [0.1, 0.15) is 49.0 Å². The minimum absolute atomic E-state index is 0.201. The van der Waals surface area contributed by atoms with Gasteiger partial charge in [-0.05, 0) is 30.2 Å². The molecule has 1 heterocycles. The molecule has 108 valence electrons. The predicted octanol–water partition coefficient (Wildman–Crippen LogP) is 4.24. The first-order valence-electron chi connectivity index (χ1n) is 6.66. The maximum atomic E-state index is 13.4. The van der Waals surface area contributed by atoms with Gasteiger partial charge in [0.05, 0.1) is 11.7 Å². The highest BCUT2D eigenvalue weighted by Gasteiger charge is 2.19. The molecule has 20 heavy (non-hydrogen) atoms. The number of aromatic nitrogens is 1. The summed E-state index contributed by atoms with van der Waals surface area (Å²) < 4.78 is 26.5. The lowest BCUT2D eigenvalue weighted by molar-refractivity contribution is 0.503. The summed E-state index contributed by atoms with van der Waals surface area (Å²) in [6, 6.07) is 3.79. The van der Waals surface area contributed by atoms with Gasteiger partial charge in [0, 0.05) is 5.38 Å². The third-order valence-electron chi connectivity index (χ3n) is 3.06. The minimum atomic E-state index is -0.828. The van der Waals surface area contributed by atoms with Crippen LogP contribution in [0.2, 0.25) is 0 Å². The van der Waals surface area contributed by atoms with Crippen LogP contribution in [-0.2, 0) is 0 Å². The Balaban J connectivity index is 2.36. The Hall–Kier alpha value is -1.33. The van der Waals surface area contributed by atoms with Gasteiger partial charge in [-0.2, -0.15) is 0 Å². The van der Waals surface area contributed by atoms with E-state index in [-0.39, 0.29) is 6.04 Å². The highest BCUT2D eigenvalue weighted by Crippen LogP contribution is 2.28. The zero-order valence-corrected chi connectivity index (χ0v) is 12.6. The lowest BCUT2D eigenvalue weighted by atomic mass is 10.1. The Morgan fingerprint density at radius 2 is 2.00 bits per heavy atom. The van der Waals surface area contributed by atoms with Crippen molar-refractivity contribution in [1.82, 2.24) is 10.3 Å². The van der Waals surface area contributed by atoms with Crippen LogP contribution in [0.25, 0.3) is 0 Å². The van der Waals surface area contributed by atoms with Gasteiger partial charge in [0.15, 0.2) is 11.6 Å². The summed E-state index contributed by atoms with van der Waals surface area (Å²) in [5, 5.41) is 6.17. The molecule has 1 unspecified atom stereocenters. The fourth-order valence-electron chi connectivity index (χ4n) is 1.94. The summed E-state index contributed by atoms with van der Waals surface area (Å²) in [7, 11) is 0. The van der Waals surface area contributed by atoms with Crippen molar-refractivity contribution < 1.29 is 8.78 Å². The van der Waals surface area contributed by atoms with Crippen LogP contribution in [-0.4, -0.2) is 11.5 Å². The Morgan fingerprint density at radius 3 is 2.55 bits per heavy atom. The van der Waals surface area contributed by atoms with Crippen molar-refractivity contribution in [2.45, 2.75) is 32.7 Å². The van der Waals surface area contributed by atoms with E-state index in [4.69, 9.17) is 0 Å². The lowest BCUT2D eigenvalue weighted by Crippen LogP contribution is -2.22. The van der Waals surface area contributed by atoms with E-state index in [1.54, 1.807) is 17.4 Å². The van der Waals surface area contributed by atoms with Gasteiger partial charge in [-0.1, -0.05) is 26.8 Å². The van der Waals surface area contributed by atoms with E-state index < -0.39 is 11.6 Å². The molecule has 0 aliphatic heterocycles. The monoisotopic (exact) mass is 296 g/mol. The molecule has 1 aromatic heterocycles. The van der Waals surface area contributed by atoms with Crippen LogP contribution in [0.5, 0.6) is 0 Å². The molecule has 1 atom stereocenters. The van der Waals surface area contributed by atoms with Gasteiger partial charge in [0.1, 0.15) is 5.01 Å². The largest absolute Gasteiger partial charge is 0.305 e. The van der Waals surface area contributed by atoms with Gasteiger partial charge in [-0.15, -0.1) is 11.3 Å². The molecule has 0 aliphatic carbocycles. The molecular formula is C15H18F2N2S. The number of hydrogen-bond acceptors (Lipinski definition) is 3. The van der Waals surface area contributed by atoms with Gasteiger partial charge in [0.2, 0.25) is 0 Å². The topological polar surface area (TPSA) is 24.9 Å². The quantitative estimate of drug-likeness (QED) is 0.892. The van der Waals surface area contributed by atoms with Crippen LogP contribution in [0.15, 0.2) is 23.6 Å². The molecule has 0 aliphatic rings. The van der Waals surface area contributed by atoms with E-state index in [0.717, 1.165) is 23.3 Å². The molecule has 1 N–H and O–H groups in total. The number of rotatable bonds is 5. The van der Waals surface area contributed by atoms with E-state index in [0.29, 0.717) is 11.5 Å². The van der Waals surface area contributed by atoms with Crippen LogP contribution >= 0.6 is 11.3 Å². The second-order valence-electron chi connectivity index (χ2n) is 4.93. The molecule has 2 aromatic rings. The van der Waals surface area contributed by atoms with Gasteiger partial charge in [-0.25, -0.2) is 13.8 Å². The molecule has 5 heteroatoms. The first kappa shape index (κ1) is 15.1. The smallest absolute Gasteiger partial charge is 0.159 e. The molecule has 0 radical (unpaired) electrons. The molecule has 0 spiro atoms. The Bertz CT molecular complexity index is 581. The molecule has 0 saturated heterocycles. The SMILES string of the molecule is CCNC(c1ccc(F)c(F)c1)c1nc(C(C)C)cs1. The predicted molar refractivity (Wildman–Crippen MR) is 78.1 cm³/mol. The highest BCUT2D eigenvalue weighted by molar-refractivity contribution is 7.09. The van der Waals surface area contributed by atoms with Gasteiger partial charge >= 0.3 is 0 Å². The summed E-state index contributed by atoms with van der Waals surface area (Å²) >= 11 is 1.54. The number of halogens is 2. The fourth-order valence-corrected chi connectivity index (χ4v) is 3.02. The van der Waals surface area contributed by atoms with E-state index in [2.05, 4.69) is 24.1 Å². The number of nitrogens with zero attached hydrogens (tertiary/aromatic N) is 1. The second-order valence-corrected chi connectivity index (χ2v) is 5.82. The number of hydrogen-bond donors (Lipinski definition) is 1. The van der Waals surface area contributed by atoms with Gasteiger partial charge in [0.25, 0.3) is 0 Å². The summed E-state index contributed by atoms with van der Waals surface area (Å²) in [5.41, 5.74) is 1.71. The average Bonchev–Trinajstić information content (AvgIpc) is 2.89. The van der Waals surface area contributed by atoms with Crippen LogP contribution in [0, 0.1) is 11.6 Å². The van der Waals surface area contributed by atoms with E-state index >= 15 is 0 Å². The average molecular weight is 296 g/mol. The third kappa shape index (κ3) is 3.22. The zero-order valence-electron chi connectivity index (χ0n) is 11.8. The first-order valence-corrected chi connectivity index (χ1v) is 7.54. The molecule has 2 rings (SSSR count). The lowest BCUT2D eigenvalue weighted by Gasteiger charge is -2.16. The van der Waals surface area contributed by atoms with E-state index in [1.165, 1.54) is 6.07 Å². The summed E-state index contributed by atoms with van der Waals surface area (Å²) in [5.74, 6) is -1.30. The Labute approximate surface area is 121 Å². The first-order chi connectivity index (χ1) is 9.52. The van der Waals surface area contributed by atoms with Crippen LogP contribution in [0.3, 0.4) is 0 Å². The van der Waals surface area contributed by atoms with Crippen molar-refractivity contribution in [3.8, 4) is 0 Å². The molecular weight excluding hydrogens is 278 g/mol. The minimum Gasteiger partial charge on any atom is -0.305 e. The molecule has 0 bridgehead atoms. The van der Waals surface area contributed by atoms with Crippen molar-refractivity contribution in [2.24, 2.45) is 0 Å². The molecule has 0 saturated carbocycles. The summed E-state index contributed by atoms with van der Waals surface area (Å²) in [4.78, 5) is 4.60. The number of thiazole rings is 1. The maximum absolute atomic E-state index is 13.4. The van der Waals surface area contributed by atoms with Crippen molar-refractivity contribution in [3.05, 3.63) is 51.5 Å².